The van der Waals surface area contributed by atoms with Crippen LogP contribution in [0.25, 0.3) is 15.7 Å². The molecular weight excluding hydrogens is 242 g/mol. The molecule has 2 aromatic rings. The van der Waals surface area contributed by atoms with Gasteiger partial charge in [0.1, 0.15) is 0 Å². The first-order valence-corrected chi connectivity index (χ1v) is 5.72. The molecule has 0 saturated carbocycles. The molecular formula is C14H13N3O2. The van der Waals surface area contributed by atoms with Gasteiger partial charge in [-0.25, -0.2) is 9.64 Å². The SMILES string of the molecule is [C-]#[N+]c1ccc2c(c1)c(/C(C)=N/OC(C)=O)cn2C. The van der Waals surface area contributed by atoms with Crippen LogP contribution in [0.1, 0.15) is 19.4 Å². The van der Waals surface area contributed by atoms with E-state index in [1.165, 1.54) is 6.92 Å². The molecule has 0 radical (unpaired) electrons. The zero-order chi connectivity index (χ0) is 14.0. The Kier molecular flexibility index (Phi) is 3.34. The summed E-state index contributed by atoms with van der Waals surface area (Å²) in [5.41, 5.74) is 3.02. The smallest absolute Gasteiger partial charge is 0.331 e. The molecule has 1 aromatic carbocycles. The van der Waals surface area contributed by atoms with Crippen molar-refractivity contribution >= 4 is 28.3 Å². The maximum absolute atomic E-state index is 10.8. The third-order valence-electron chi connectivity index (χ3n) is 2.80. The maximum Gasteiger partial charge on any atom is 0.331 e. The predicted molar refractivity (Wildman–Crippen MR) is 73.2 cm³/mol. The lowest BCUT2D eigenvalue weighted by Gasteiger charge is -1.98. The van der Waals surface area contributed by atoms with Gasteiger partial charge in [-0.05, 0) is 24.4 Å². The number of hydrogen-bond donors (Lipinski definition) is 0. The van der Waals surface area contributed by atoms with Gasteiger partial charge in [-0.15, -0.1) is 0 Å². The molecule has 5 heteroatoms. The van der Waals surface area contributed by atoms with Crippen molar-refractivity contribution in [3.05, 3.63) is 41.4 Å². The number of nitrogens with zero attached hydrogens (tertiary/aromatic N) is 3. The van der Waals surface area contributed by atoms with E-state index in [1.807, 2.05) is 29.9 Å². The standard InChI is InChI=1S/C14H13N3O2/c1-9(16-19-10(2)18)13-8-17(4)14-6-5-11(15-3)7-12(13)14/h5-8H,1-2,4H3/b16-9+. The molecule has 96 valence electrons. The van der Waals surface area contributed by atoms with E-state index in [9.17, 15) is 4.79 Å². The number of aromatic nitrogens is 1. The van der Waals surface area contributed by atoms with E-state index in [0.717, 1.165) is 16.5 Å². The largest absolute Gasteiger partial charge is 0.350 e. The van der Waals surface area contributed by atoms with Gasteiger partial charge in [0.15, 0.2) is 5.69 Å². The maximum atomic E-state index is 10.8. The second-order valence-electron chi connectivity index (χ2n) is 4.23. The Balaban J connectivity index is 2.57. The molecule has 19 heavy (non-hydrogen) atoms. The first-order valence-electron chi connectivity index (χ1n) is 5.72. The fourth-order valence-corrected chi connectivity index (χ4v) is 1.92. The Morgan fingerprint density at radius 2 is 2.16 bits per heavy atom. The lowest BCUT2D eigenvalue weighted by molar-refractivity contribution is -0.140. The first kappa shape index (κ1) is 12.8. The summed E-state index contributed by atoms with van der Waals surface area (Å²) in [7, 11) is 1.92. The summed E-state index contributed by atoms with van der Waals surface area (Å²) in [5.74, 6) is -0.457. The fourth-order valence-electron chi connectivity index (χ4n) is 1.92. The number of aryl methyl sites for hydroxylation is 1. The average molecular weight is 255 g/mol. The summed E-state index contributed by atoms with van der Waals surface area (Å²) < 4.78 is 1.95. The van der Waals surface area contributed by atoms with E-state index in [4.69, 9.17) is 6.57 Å². The van der Waals surface area contributed by atoms with Crippen LogP contribution < -0.4 is 0 Å². The van der Waals surface area contributed by atoms with Crippen molar-refractivity contribution in [2.24, 2.45) is 12.2 Å². The normalized spacial score (nSPS) is 11.4. The van der Waals surface area contributed by atoms with Gasteiger partial charge >= 0.3 is 5.97 Å². The van der Waals surface area contributed by atoms with Crippen LogP contribution >= 0.6 is 0 Å². The van der Waals surface area contributed by atoms with Gasteiger partial charge in [-0.3, -0.25) is 0 Å². The molecule has 5 nitrogen and oxygen atoms in total. The predicted octanol–water partition coefficient (Wildman–Crippen LogP) is 3.02. The second-order valence-corrected chi connectivity index (χ2v) is 4.23. The molecule has 0 atom stereocenters. The summed E-state index contributed by atoms with van der Waals surface area (Å²) in [6, 6.07) is 5.48. The minimum Gasteiger partial charge on any atom is -0.350 e. The van der Waals surface area contributed by atoms with Gasteiger partial charge in [-0.1, -0.05) is 11.2 Å². The Morgan fingerprint density at radius 1 is 1.42 bits per heavy atom. The van der Waals surface area contributed by atoms with E-state index < -0.39 is 5.97 Å². The van der Waals surface area contributed by atoms with Crippen molar-refractivity contribution in [3.63, 3.8) is 0 Å². The zero-order valence-electron chi connectivity index (χ0n) is 11.0. The highest BCUT2D eigenvalue weighted by atomic mass is 16.7. The van der Waals surface area contributed by atoms with Gasteiger partial charge in [0.2, 0.25) is 0 Å². The van der Waals surface area contributed by atoms with Crippen molar-refractivity contribution in [2.45, 2.75) is 13.8 Å². The van der Waals surface area contributed by atoms with Crippen LogP contribution in [0.15, 0.2) is 29.6 Å². The lowest BCUT2D eigenvalue weighted by Crippen LogP contribution is -1.98. The van der Waals surface area contributed by atoms with Crippen LogP contribution in [0, 0.1) is 6.57 Å². The van der Waals surface area contributed by atoms with Crippen LogP contribution in [0.5, 0.6) is 0 Å². The van der Waals surface area contributed by atoms with Gasteiger partial charge in [0, 0.05) is 31.2 Å². The molecule has 0 spiro atoms. The van der Waals surface area contributed by atoms with Crippen molar-refractivity contribution in [3.8, 4) is 0 Å². The molecule has 0 aliphatic rings. The van der Waals surface area contributed by atoms with Crippen LogP contribution in [0.2, 0.25) is 0 Å². The number of carbonyl (C=O) groups excluding carboxylic acids is 1. The highest BCUT2D eigenvalue weighted by Crippen LogP contribution is 2.26. The minimum absolute atomic E-state index is 0.457. The molecule has 0 unspecified atom stereocenters. The number of benzene rings is 1. The molecule has 0 fully saturated rings. The van der Waals surface area contributed by atoms with E-state index in [2.05, 4.69) is 14.8 Å². The number of oxime groups is 1. The third kappa shape index (κ3) is 2.47. The van der Waals surface area contributed by atoms with E-state index in [0.29, 0.717) is 11.4 Å². The molecule has 0 saturated heterocycles. The summed E-state index contributed by atoms with van der Waals surface area (Å²) in [6.07, 6.45) is 1.90. The molecule has 0 aliphatic carbocycles. The highest BCUT2D eigenvalue weighted by molar-refractivity contribution is 6.10. The molecule has 1 aromatic heterocycles. The number of carbonyl (C=O) groups is 1. The van der Waals surface area contributed by atoms with E-state index >= 15 is 0 Å². The van der Waals surface area contributed by atoms with E-state index in [1.54, 1.807) is 13.0 Å². The minimum atomic E-state index is -0.457. The number of rotatable bonds is 2. The van der Waals surface area contributed by atoms with Gasteiger partial charge in [0.05, 0.1) is 12.3 Å². The average Bonchev–Trinajstić information content (AvgIpc) is 2.73. The fraction of sp³-hybridized carbons (Fsp3) is 0.214. The van der Waals surface area contributed by atoms with Crippen LogP contribution in [-0.4, -0.2) is 16.2 Å². The van der Waals surface area contributed by atoms with Gasteiger partial charge < -0.3 is 9.40 Å². The summed E-state index contributed by atoms with van der Waals surface area (Å²) in [4.78, 5) is 18.8. The Bertz CT molecular complexity index is 720. The van der Waals surface area contributed by atoms with Gasteiger partial charge in [0.25, 0.3) is 0 Å². The molecule has 0 amide bonds. The van der Waals surface area contributed by atoms with Crippen molar-refractivity contribution in [1.82, 2.24) is 4.57 Å². The molecule has 0 N–H and O–H groups in total. The van der Waals surface area contributed by atoms with Crippen LogP contribution in [-0.2, 0) is 16.7 Å². The topological polar surface area (TPSA) is 47.9 Å². The van der Waals surface area contributed by atoms with Crippen LogP contribution in [0.4, 0.5) is 5.69 Å². The second kappa shape index (κ2) is 4.94. The molecule has 2 rings (SSSR count). The number of hydrogen-bond acceptors (Lipinski definition) is 3. The van der Waals surface area contributed by atoms with Crippen molar-refractivity contribution in [2.75, 3.05) is 0 Å². The highest BCUT2D eigenvalue weighted by Gasteiger charge is 2.10. The first-order chi connectivity index (χ1) is 9.02. The monoisotopic (exact) mass is 255 g/mol. The quantitative estimate of drug-likeness (QED) is 0.358. The van der Waals surface area contributed by atoms with Crippen molar-refractivity contribution in [1.29, 1.82) is 0 Å². The Morgan fingerprint density at radius 3 is 2.79 bits per heavy atom. The lowest BCUT2D eigenvalue weighted by atomic mass is 10.1. The molecule has 1 heterocycles. The summed E-state index contributed by atoms with van der Waals surface area (Å²) >= 11 is 0. The Labute approximate surface area is 110 Å². The Hall–Kier alpha value is -2.61. The number of fused-ring (bicyclic) bond motifs is 1. The zero-order valence-corrected chi connectivity index (χ0v) is 11.0. The van der Waals surface area contributed by atoms with Crippen LogP contribution in [0.3, 0.4) is 0 Å². The van der Waals surface area contributed by atoms with Gasteiger partial charge in [-0.2, -0.15) is 0 Å². The summed E-state index contributed by atoms with van der Waals surface area (Å²) in [6.45, 7) is 10.1. The van der Waals surface area contributed by atoms with Crippen molar-refractivity contribution < 1.29 is 9.63 Å². The molecule has 0 aliphatic heterocycles. The van der Waals surface area contributed by atoms with E-state index in [-0.39, 0.29) is 0 Å². The molecule has 0 bridgehead atoms. The third-order valence-corrected chi connectivity index (χ3v) is 2.80. The summed E-state index contributed by atoms with van der Waals surface area (Å²) in [5, 5.41) is 4.71.